The highest BCUT2D eigenvalue weighted by atomic mass is 16.3. The molecule has 8 heteroatoms. The van der Waals surface area contributed by atoms with Gasteiger partial charge in [-0.25, -0.2) is 0 Å². The molecule has 8 nitrogen and oxygen atoms in total. The lowest BCUT2D eigenvalue weighted by Gasteiger charge is -2.46. The number of nitrogens with two attached hydrogens (primary N) is 1. The van der Waals surface area contributed by atoms with Gasteiger partial charge in [-0.15, -0.1) is 0 Å². The minimum Gasteiger partial charge on any atom is -0.510 e. The number of hydrogen-bond donors (Lipinski definition) is 3. The lowest BCUT2D eigenvalue weighted by atomic mass is 9.59. The van der Waals surface area contributed by atoms with Crippen LogP contribution in [-0.2, 0) is 20.8 Å². The summed E-state index contributed by atoms with van der Waals surface area (Å²) in [5.41, 5.74) is 7.59. The highest BCUT2D eigenvalue weighted by molar-refractivity contribution is 6.28. The van der Waals surface area contributed by atoms with Crippen LogP contribution in [0.2, 0.25) is 0 Å². The number of carbonyl (C=O) groups is 3. The van der Waals surface area contributed by atoms with Gasteiger partial charge in [0.1, 0.15) is 17.1 Å². The normalized spacial score (nSPS) is 27.8. The van der Waals surface area contributed by atoms with Gasteiger partial charge in [-0.3, -0.25) is 19.3 Å². The van der Waals surface area contributed by atoms with E-state index >= 15 is 0 Å². The first-order valence-electron chi connectivity index (χ1n) is 10.3. The molecule has 0 saturated heterocycles. The summed E-state index contributed by atoms with van der Waals surface area (Å²) in [6.45, 7) is 0. The summed E-state index contributed by atoms with van der Waals surface area (Å²) in [5, 5.41) is 21.8. The van der Waals surface area contributed by atoms with Crippen molar-refractivity contribution in [2.45, 2.75) is 18.9 Å². The van der Waals surface area contributed by atoms with E-state index in [4.69, 9.17) is 5.73 Å². The summed E-state index contributed by atoms with van der Waals surface area (Å²) >= 11 is 0. The van der Waals surface area contributed by atoms with Gasteiger partial charge >= 0.3 is 0 Å². The summed E-state index contributed by atoms with van der Waals surface area (Å²) in [7, 11) is 7.29. The van der Waals surface area contributed by atoms with Crippen LogP contribution in [0.25, 0.3) is 5.76 Å². The van der Waals surface area contributed by atoms with Gasteiger partial charge in [0.05, 0.1) is 12.0 Å². The molecule has 1 saturated carbocycles. The van der Waals surface area contributed by atoms with Crippen LogP contribution < -0.4 is 10.6 Å². The minimum absolute atomic E-state index is 0.105. The molecule has 164 valence electrons. The quantitative estimate of drug-likeness (QED) is 0.491. The molecule has 0 heterocycles. The van der Waals surface area contributed by atoms with Crippen LogP contribution in [0, 0.1) is 17.8 Å². The number of likely N-dealkylation sites (N-methyl/N-ethyl adjacent to an activating group) is 1. The lowest BCUT2D eigenvalue weighted by Crippen LogP contribution is -2.55. The molecule has 1 aromatic carbocycles. The SMILES string of the molecule is CN(C)c1cccc2c1CC1CC3C(C(=O)C(C(N)=O)=C(O)[C@@H]3N(C)C)C(=O)C1=C2O. The number of benzene rings is 1. The fourth-order valence-electron chi connectivity index (χ4n) is 5.59. The third kappa shape index (κ3) is 2.96. The van der Waals surface area contributed by atoms with Gasteiger partial charge in [-0.1, -0.05) is 12.1 Å². The summed E-state index contributed by atoms with van der Waals surface area (Å²) < 4.78 is 0. The van der Waals surface area contributed by atoms with Crippen molar-refractivity contribution in [1.29, 1.82) is 0 Å². The average Bonchev–Trinajstić information content (AvgIpc) is 2.66. The van der Waals surface area contributed by atoms with E-state index in [9.17, 15) is 24.6 Å². The van der Waals surface area contributed by atoms with E-state index in [0.29, 0.717) is 18.4 Å². The highest BCUT2D eigenvalue weighted by Gasteiger charge is 2.55. The largest absolute Gasteiger partial charge is 0.510 e. The molecule has 0 spiro atoms. The van der Waals surface area contributed by atoms with Crippen molar-refractivity contribution >= 4 is 28.9 Å². The van der Waals surface area contributed by atoms with E-state index in [0.717, 1.165) is 11.3 Å². The molecule has 31 heavy (non-hydrogen) atoms. The second-order valence-electron chi connectivity index (χ2n) is 9.00. The molecule has 0 bridgehead atoms. The Bertz CT molecular complexity index is 1070. The van der Waals surface area contributed by atoms with Crippen molar-refractivity contribution in [3.05, 3.63) is 46.2 Å². The van der Waals surface area contributed by atoms with Gasteiger partial charge in [0.25, 0.3) is 5.91 Å². The molecule has 4 atom stereocenters. The minimum atomic E-state index is -1.15. The van der Waals surface area contributed by atoms with Gasteiger partial charge in [0.15, 0.2) is 11.6 Å². The number of allylic oxidation sites excluding steroid dienone is 1. The molecule has 4 rings (SSSR count). The van der Waals surface area contributed by atoms with Crippen molar-refractivity contribution < 1.29 is 24.6 Å². The fourth-order valence-corrected chi connectivity index (χ4v) is 5.59. The van der Waals surface area contributed by atoms with Crippen molar-refractivity contribution in [3.63, 3.8) is 0 Å². The van der Waals surface area contributed by atoms with Crippen molar-refractivity contribution in [1.82, 2.24) is 4.90 Å². The number of ketones is 2. The zero-order chi connectivity index (χ0) is 22.8. The number of primary amides is 1. The van der Waals surface area contributed by atoms with Crippen LogP contribution in [0.15, 0.2) is 35.1 Å². The molecule has 3 aliphatic rings. The molecular formula is C23H27N3O5. The van der Waals surface area contributed by atoms with Crippen molar-refractivity contribution in [2.24, 2.45) is 23.5 Å². The van der Waals surface area contributed by atoms with E-state index < -0.39 is 40.9 Å². The molecule has 0 aromatic heterocycles. The Labute approximate surface area is 180 Å². The Kier molecular flexibility index (Phi) is 4.93. The van der Waals surface area contributed by atoms with Gasteiger partial charge in [0.2, 0.25) is 0 Å². The predicted octanol–water partition coefficient (Wildman–Crippen LogP) is 1.21. The van der Waals surface area contributed by atoms with Crippen LogP contribution in [0.1, 0.15) is 17.5 Å². The Morgan fingerprint density at radius 1 is 1.10 bits per heavy atom. The summed E-state index contributed by atoms with van der Waals surface area (Å²) in [6, 6.07) is 4.86. The second kappa shape index (κ2) is 7.23. The van der Waals surface area contributed by atoms with Crippen LogP contribution in [0.5, 0.6) is 0 Å². The lowest BCUT2D eigenvalue weighted by molar-refractivity contribution is -0.136. The smallest absolute Gasteiger partial charge is 0.255 e. The van der Waals surface area contributed by atoms with Crippen LogP contribution in [0.3, 0.4) is 0 Å². The number of Topliss-reactive ketones (excluding diaryl/α,β-unsaturated/α-hetero) is 2. The molecule has 1 aromatic rings. The van der Waals surface area contributed by atoms with E-state index in [1.54, 1.807) is 25.1 Å². The molecule has 0 radical (unpaired) electrons. The number of aliphatic hydroxyl groups is 2. The third-order valence-electron chi connectivity index (χ3n) is 6.81. The third-order valence-corrected chi connectivity index (χ3v) is 6.81. The number of aliphatic hydroxyl groups excluding tert-OH is 2. The number of amides is 1. The number of carbonyl (C=O) groups excluding carboxylic acids is 3. The first-order valence-corrected chi connectivity index (χ1v) is 10.3. The van der Waals surface area contributed by atoms with Gasteiger partial charge in [-0.05, 0) is 50.4 Å². The first kappa shape index (κ1) is 21.1. The zero-order valence-corrected chi connectivity index (χ0v) is 18.0. The van der Waals surface area contributed by atoms with E-state index in [1.807, 2.05) is 31.1 Å². The Balaban J connectivity index is 1.88. The monoisotopic (exact) mass is 425 g/mol. The van der Waals surface area contributed by atoms with Crippen LogP contribution in [-0.4, -0.2) is 66.8 Å². The maximum absolute atomic E-state index is 13.6. The predicted molar refractivity (Wildman–Crippen MR) is 115 cm³/mol. The molecular weight excluding hydrogens is 398 g/mol. The zero-order valence-electron chi connectivity index (χ0n) is 18.0. The van der Waals surface area contributed by atoms with E-state index in [1.165, 1.54) is 0 Å². The van der Waals surface area contributed by atoms with E-state index in [2.05, 4.69) is 0 Å². The maximum atomic E-state index is 13.6. The molecule has 4 N–H and O–H groups in total. The molecule has 1 amide bonds. The Morgan fingerprint density at radius 3 is 2.35 bits per heavy atom. The number of hydrogen-bond acceptors (Lipinski definition) is 7. The van der Waals surface area contributed by atoms with E-state index in [-0.39, 0.29) is 23.0 Å². The van der Waals surface area contributed by atoms with Crippen molar-refractivity contribution in [3.8, 4) is 0 Å². The van der Waals surface area contributed by atoms with Gasteiger partial charge in [0, 0.05) is 30.9 Å². The number of nitrogens with zero attached hydrogens (tertiary/aromatic N) is 2. The first-order chi connectivity index (χ1) is 14.6. The Morgan fingerprint density at radius 2 is 1.77 bits per heavy atom. The summed E-state index contributed by atoms with van der Waals surface area (Å²) in [4.78, 5) is 42.2. The summed E-state index contributed by atoms with van der Waals surface area (Å²) in [6.07, 6.45) is 0.960. The topological polar surface area (TPSA) is 124 Å². The number of rotatable bonds is 3. The van der Waals surface area contributed by atoms with Crippen LogP contribution in [0.4, 0.5) is 5.69 Å². The molecule has 3 unspecified atom stereocenters. The average molecular weight is 425 g/mol. The fraction of sp³-hybridized carbons (Fsp3) is 0.435. The van der Waals surface area contributed by atoms with Crippen molar-refractivity contribution in [2.75, 3.05) is 33.1 Å². The number of anilines is 1. The molecule has 1 fully saturated rings. The van der Waals surface area contributed by atoms with Gasteiger partial charge in [-0.2, -0.15) is 0 Å². The standard InChI is InChI=1S/C23H27N3O5/c1-25(2)14-7-5-6-11-12(14)8-10-9-13-16(20(28)15(10)19(11)27)21(29)17(23(24)31)22(30)18(13)26(3)4/h5-7,10,13,16,18,27,30H,8-9H2,1-4H3,(H2,24,31)/t10?,13?,16?,18-/m1/s1. The second-order valence-corrected chi connectivity index (χ2v) is 9.00. The summed E-state index contributed by atoms with van der Waals surface area (Å²) in [5.74, 6) is -4.74. The number of fused-ring (bicyclic) bond motifs is 3. The van der Waals surface area contributed by atoms with Crippen LogP contribution >= 0.6 is 0 Å². The Hall–Kier alpha value is -3.13. The van der Waals surface area contributed by atoms with Gasteiger partial charge < -0.3 is 20.8 Å². The molecule has 0 aliphatic heterocycles. The molecule has 3 aliphatic carbocycles. The highest BCUT2D eigenvalue weighted by Crippen LogP contribution is 2.50. The maximum Gasteiger partial charge on any atom is 0.255 e.